The second-order valence-corrected chi connectivity index (χ2v) is 7.74. The van der Waals surface area contributed by atoms with Gasteiger partial charge in [-0.05, 0) is 25.0 Å². The Morgan fingerprint density at radius 1 is 1.32 bits per heavy atom. The zero-order valence-electron chi connectivity index (χ0n) is 13.3. The lowest BCUT2D eigenvalue weighted by atomic mass is 10.2. The van der Waals surface area contributed by atoms with Crippen LogP contribution in [0.1, 0.15) is 12.8 Å². The zero-order valence-corrected chi connectivity index (χ0v) is 14.9. The standard InChI is InChI=1S/C15H16N6O2S2/c22-13-11-5-1-2-6-12(11)17-20-21(13)9-24-15-19-18-14(25-15)16-8-10-4-3-7-23-10/h1-2,5-6,10H,3-4,7-9H2,(H,16,18). The number of hydrogen-bond donors (Lipinski definition) is 1. The predicted octanol–water partition coefficient (Wildman–Crippen LogP) is 1.98. The Balaban J connectivity index is 1.38. The lowest BCUT2D eigenvalue weighted by Gasteiger charge is -2.08. The van der Waals surface area contributed by atoms with Crippen LogP contribution in [-0.2, 0) is 10.6 Å². The molecule has 0 amide bonds. The van der Waals surface area contributed by atoms with Gasteiger partial charge in [-0.15, -0.1) is 15.3 Å². The molecule has 4 rings (SSSR count). The van der Waals surface area contributed by atoms with E-state index in [1.165, 1.54) is 27.8 Å². The molecule has 8 nitrogen and oxygen atoms in total. The average Bonchev–Trinajstić information content (AvgIpc) is 3.31. The van der Waals surface area contributed by atoms with Gasteiger partial charge in [-0.3, -0.25) is 4.79 Å². The summed E-state index contributed by atoms with van der Waals surface area (Å²) >= 11 is 2.86. The fraction of sp³-hybridized carbons (Fsp3) is 0.400. The number of benzene rings is 1. The maximum absolute atomic E-state index is 12.4. The molecular formula is C15H16N6O2S2. The van der Waals surface area contributed by atoms with Gasteiger partial charge < -0.3 is 10.1 Å². The van der Waals surface area contributed by atoms with Gasteiger partial charge in [-0.2, -0.15) is 4.68 Å². The molecule has 0 radical (unpaired) electrons. The fourth-order valence-corrected chi connectivity index (χ4v) is 4.19. The summed E-state index contributed by atoms with van der Waals surface area (Å²) in [6, 6.07) is 7.19. The molecule has 10 heteroatoms. The summed E-state index contributed by atoms with van der Waals surface area (Å²) in [6.07, 6.45) is 2.45. The van der Waals surface area contributed by atoms with Crippen molar-refractivity contribution in [3.05, 3.63) is 34.6 Å². The SMILES string of the molecule is O=c1c2ccccc2nnn1CSc1nnc(NCC2CCCO2)s1. The Morgan fingerprint density at radius 2 is 2.24 bits per heavy atom. The van der Waals surface area contributed by atoms with Gasteiger partial charge in [0.1, 0.15) is 5.52 Å². The average molecular weight is 376 g/mol. The minimum Gasteiger partial charge on any atom is -0.376 e. The van der Waals surface area contributed by atoms with Crippen molar-refractivity contribution in [2.45, 2.75) is 29.2 Å². The summed E-state index contributed by atoms with van der Waals surface area (Å²) in [6.45, 7) is 1.58. The first kappa shape index (κ1) is 16.4. The molecule has 0 saturated carbocycles. The van der Waals surface area contributed by atoms with Crippen molar-refractivity contribution >= 4 is 39.1 Å². The van der Waals surface area contributed by atoms with Gasteiger partial charge in [0.15, 0.2) is 4.34 Å². The molecule has 3 heterocycles. The quantitative estimate of drug-likeness (QED) is 0.653. The van der Waals surface area contributed by atoms with Crippen LogP contribution in [0.5, 0.6) is 0 Å². The van der Waals surface area contributed by atoms with Gasteiger partial charge >= 0.3 is 0 Å². The van der Waals surface area contributed by atoms with Crippen LogP contribution in [0.4, 0.5) is 5.13 Å². The molecule has 2 aromatic heterocycles. The molecule has 1 saturated heterocycles. The van der Waals surface area contributed by atoms with Crippen LogP contribution in [0, 0.1) is 0 Å². The number of nitrogens with zero attached hydrogens (tertiary/aromatic N) is 5. The van der Waals surface area contributed by atoms with E-state index in [1.807, 2.05) is 12.1 Å². The van der Waals surface area contributed by atoms with Gasteiger partial charge in [-0.1, -0.05) is 40.4 Å². The summed E-state index contributed by atoms with van der Waals surface area (Å²) < 4.78 is 7.69. The summed E-state index contributed by atoms with van der Waals surface area (Å²) in [5.41, 5.74) is 0.449. The van der Waals surface area contributed by atoms with E-state index in [-0.39, 0.29) is 11.7 Å². The normalized spacial score (nSPS) is 17.2. The molecule has 1 aliphatic heterocycles. The first-order valence-electron chi connectivity index (χ1n) is 7.94. The lowest BCUT2D eigenvalue weighted by Crippen LogP contribution is -2.23. The summed E-state index contributed by atoms with van der Waals surface area (Å²) in [5.74, 6) is 0.344. The van der Waals surface area contributed by atoms with Gasteiger partial charge in [0.05, 0.1) is 17.4 Å². The van der Waals surface area contributed by atoms with Gasteiger partial charge in [0.25, 0.3) is 5.56 Å². The highest BCUT2D eigenvalue weighted by atomic mass is 32.2. The lowest BCUT2D eigenvalue weighted by molar-refractivity contribution is 0.120. The molecule has 0 bridgehead atoms. The van der Waals surface area contributed by atoms with Gasteiger partial charge in [0.2, 0.25) is 5.13 Å². The van der Waals surface area contributed by atoms with Crippen LogP contribution in [-0.4, -0.2) is 44.4 Å². The molecule has 1 aromatic carbocycles. The number of nitrogens with one attached hydrogen (secondary N) is 1. The molecule has 130 valence electrons. The summed E-state index contributed by atoms with van der Waals surface area (Å²) in [5, 5.41) is 20.9. The maximum atomic E-state index is 12.4. The van der Waals surface area contributed by atoms with E-state index < -0.39 is 0 Å². The maximum Gasteiger partial charge on any atom is 0.278 e. The Hall–Kier alpha value is -2.04. The Kier molecular flexibility index (Phi) is 4.90. The number of thioether (sulfide) groups is 1. The third kappa shape index (κ3) is 3.80. The van der Waals surface area contributed by atoms with Crippen molar-refractivity contribution in [1.29, 1.82) is 0 Å². The molecule has 1 fully saturated rings. The molecule has 3 aromatic rings. The first-order chi connectivity index (χ1) is 12.3. The highest BCUT2D eigenvalue weighted by Gasteiger charge is 2.16. The number of hydrogen-bond acceptors (Lipinski definition) is 9. The molecule has 1 unspecified atom stereocenters. The number of anilines is 1. The van der Waals surface area contributed by atoms with E-state index in [0.29, 0.717) is 16.8 Å². The van der Waals surface area contributed by atoms with E-state index in [0.717, 1.165) is 35.5 Å². The highest BCUT2D eigenvalue weighted by molar-refractivity contribution is 8.00. The van der Waals surface area contributed by atoms with Crippen LogP contribution in [0.3, 0.4) is 0 Å². The van der Waals surface area contributed by atoms with E-state index in [4.69, 9.17) is 4.74 Å². The van der Waals surface area contributed by atoms with Crippen molar-refractivity contribution in [1.82, 2.24) is 25.2 Å². The topological polar surface area (TPSA) is 94.8 Å². The van der Waals surface area contributed by atoms with Crippen molar-refractivity contribution in [3.63, 3.8) is 0 Å². The van der Waals surface area contributed by atoms with E-state index in [9.17, 15) is 4.79 Å². The molecule has 0 aliphatic carbocycles. The van der Waals surface area contributed by atoms with Gasteiger partial charge in [-0.25, -0.2) is 0 Å². The minimum absolute atomic E-state index is 0.153. The minimum atomic E-state index is -0.153. The van der Waals surface area contributed by atoms with Crippen LogP contribution in [0.25, 0.3) is 10.9 Å². The van der Waals surface area contributed by atoms with Crippen molar-refractivity contribution in [3.8, 4) is 0 Å². The van der Waals surface area contributed by atoms with Crippen molar-refractivity contribution in [2.75, 3.05) is 18.5 Å². The Labute approximate surface area is 151 Å². The van der Waals surface area contributed by atoms with E-state index in [2.05, 4.69) is 25.8 Å². The summed E-state index contributed by atoms with van der Waals surface area (Å²) in [7, 11) is 0. The van der Waals surface area contributed by atoms with Crippen molar-refractivity contribution < 1.29 is 4.74 Å². The second kappa shape index (κ2) is 7.46. The Bertz CT molecular complexity index is 922. The molecule has 1 atom stereocenters. The molecule has 0 spiro atoms. The van der Waals surface area contributed by atoms with Crippen LogP contribution in [0.15, 0.2) is 33.4 Å². The molecule has 1 N–H and O–H groups in total. The third-order valence-corrected chi connectivity index (χ3v) is 5.83. The van der Waals surface area contributed by atoms with Crippen LogP contribution < -0.4 is 10.9 Å². The smallest absolute Gasteiger partial charge is 0.278 e. The number of aromatic nitrogens is 5. The van der Waals surface area contributed by atoms with Crippen LogP contribution in [0.2, 0.25) is 0 Å². The monoisotopic (exact) mass is 376 g/mol. The molecule has 1 aliphatic rings. The summed E-state index contributed by atoms with van der Waals surface area (Å²) in [4.78, 5) is 12.4. The third-order valence-electron chi connectivity index (χ3n) is 3.85. The largest absolute Gasteiger partial charge is 0.376 e. The van der Waals surface area contributed by atoms with Crippen molar-refractivity contribution in [2.24, 2.45) is 0 Å². The number of rotatable bonds is 6. The molecular weight excluding hydrogens is 360 g/mol. The Morgan fingerprint density at radius 3 is 3.12 bits per heavy atom. The van der Waals surface area contributed by atoms with Gasteiger partial charge in [0, 0.05) is 13.2 Å². The van der Waals surface area contributed by atoms with Crippen LogP contribution >= 0.6 is 23.1 Å². The number of ether oxygens (including phenoxy) is 1. The van der Waals surface area contributed by atoms with E-state index in [1.54, 1.807) is 12.1 Å². The van der Waals surface area contributed by atoms with E-state index >= 15 is 0 Å². The zero-order chi connectivity index (χ0) is 17.1. The predicted molar refractivity (Wildman–Crippen MR) is 97.0 cm³/mol. The first-order valence-corrected chi connectivity index (χ1v) is 9.74. The second-order valence-electron chi connectivity index (χ2n) is 5.57. The number of fused-ring (bicyclic) bond motifs is 1. The highest BCUT2D eigenvalue weighted by Crippen LogP contribution is 2.26. The molecule has 25 heavy (non-hydrogen) atoms. The fourth-order valence-electron chi connectivity index (χ4n) is 2.57.